The molecule has 0 spiro atoms. The van der Waals surface area contributed by atoms with Gasteiger partial charge in [0.1, 0.15) is 24.0 Å². The lowest BCUT2D eigenvalue weighted by Gasteiger charge is -2.03. The monoisotopic (exact) mass is 287 g/mol. The van der Waals surface area contributed by atoms with Crippen molar-refractivity contribution in [1.29, 1.82) is 5.26 Å². The molecule has 5 nitrogen and oxygen atoms in total. The van der Waals surface area contributed by atoms with Crippen LogP contribution in [0.25, 0.3) is 6.08 Å². The van der Waals surface area contributed by atoms with Crippen molar-refractivity contribution in [1.82, 2.24) is 0 Å². The van der Waals surface area contributed by atoms with E-state index in [1.807, 2.05) is 24.3 Å². The average molecular weight is 287 g/mol. The molecule has 1 aromatic carbocycles. The van der Waals surface area contributed by atoms with E-state index in [0.717, 1.165) is 5.56 Å². The van der Waals surface area contributed by atoms with Crippen LogP contribution in [-0.2, 0) is 14.3 Å². The van der Waals surface area contributed by atoms with E-state index in [1.165, 1.54) is 13.2 Å². The van der Waals surface area contributed by atoms with Crippen molar-refractivity contribution in [3.8, 4) is 11.8 Å². The molecule has 110 valence electrons. The number of allylic oxidation sites excluding steroid dienone is 2. The first-order chi connectivity index (χ1) is 10.2. The third kappa shape index (κ3) is 5.51. The fourth-order valence-corrected chi connectivity index (χ4v) is 1.50. The van der Waals surface area contributed by atoms with Crippen molar-refractivity contribution in [2.75, 3.05) is 27.4 Å². The van der Waals surface area contributed by atoms with E-state index in [2.05, 4.69) is 0 Å². The lowest BCUT2D eigenvalue weighted by Crippen LogP contribution is -2.10. The Morgan fingerprint density at radius 1 is 1.29 bits per heavy atom. The number of esters is 1. The SMILES string of the molecule is COCCOC(=O)/C(C#N)=C/C=C/c1ccccc1OC. The molecule has 0 saturated heterocycles. The zero-order valence-corrected chi connectivity index (χ0v) is 12.0. The smallest absolute Gasteiger partial charge is 0.348 e. The number of para-hydroxylation sites is 1. The highest BCUT2D eigenvalue weighted by atomic mass is 16.6. The van der Waals surface area contributed by atoms with Gasteiger partial charge in [0, 0.05) is 12.7 Å². The summed E-state index contributed by atoms with van der Waals surface area (Å²) in [6, 6.07) is 9.23. The van der Waals surface area contributed by atoms with Crippen LogP contribution in [0.1, 0.15) is 5.56 Å². The molecule has 0 aromatic heterocycles. The summed E-state index contributed by atoms with van der Waals surface area (Å²) in [5.41, 5.74) is 0.776. The van der Waals surface area contributed by atoms with Crippen LogP contribution in [0.3, 0.4) is 0 Å². The van der Waals surface area contributed by atoms with Crippen LogP contribution in [0.4, 0.5) is 0 Å². The lowest BCUT2D eigenvalue weighted by molar-refractivity contribution is -0.139. The van der Waals surface area contributed by atoms with Crippen molar-refractivity contribution in [2.24, 2.45) is 0 Å². The van der Waals surface area contributed by atoms with Crippen LogP contribution in [0.2, 0.25) is 0 Å². The molecule has 21 heavy (non-hydrogen) atoms. The van der Waals surface area contributed by atoms with Crippen molar-refractivity contribution < 1.29 is 19.0 Å². The molecule has 1 rings (SSSR count). The van der Waals surface area contributed by atoms with E-state index in [-0.39, 0.29) is 12.2 Å². The molecular weight excluding hydrogens is 270 g/mol. The van der Waals surface area contributed by atoms with Crippen LogP contribution in [0, 0.1) is 11.3 Å². The number of hydrogen-bond acceptors (Lipinski definition) is 5. The van der Waals surface area contributed by atoms with Crippen molar-refractivity contribution in [3.63, 3.8) is 0 Å². The van der Waals surface area contributed by atoms with Crippen molar-refractivity contribution in [2.45, 2.75) is 0 Å². The summed E-state index contributed by atoms with van der Waals surface area (Å²) >= 11 is 0. The Bertz CT molecular complexity index is 570. The Balaban J connectivity index is 2.74. The number of nitrogens with zero attached hydrogens (tertiary/aromatic N) is 1. The minimum atomic E-state index is -0.667. The van der Waals surface area contributed by atoms with Gasteiger partial charge in [0.2, 0.25) is 0 Å². The Morgan fingerprint density at radius 3 is 2.71 bits per heavy atom. The Labute approximate surface area is 124 Å². The maximum atomic E-state index is 11.6. The molecule has 0 amide bonds. The first-order valence-corrected chi connectivity index (χ1v) is 6.30. The first kappa shape index (κ1) is 16.5. The number of nitriles is 1. The second kappa shape index (κ2) is 9.34. The standard InChI is InChI=1S/C16H17NO4/c1-19-10-11-21-16(18)14(12-17)8-5-7-13-6-3-4-9-15(13)20-2/h3-9H,10-11H2,1-2H3/b7-5+,14-8+. The van der Waals surface area contributed by atoms with Gasteiger partial charge in [-0.3, -0.25) is 0 Å². The summed E-state index contributed by atoms with van der Waals surface area (Å²) in [4.78, 5) is 11.6. The molecule has 0 bridgehead atoms. The Kier molecular flexibility index (Phi) is 7.33. The molecule has 0 N–H and O–H groups in total. The third-order valence-corrected chi connectivity index (χ3v) is 2.54. The van der Waals surface area contributed by atoms with E-state index in [0.29, 0.717) is 12.4 Å². The Hall–Kier alpha value is -2.58. The number of benzene rings is 1. The maximum Gasteiger partial charge on any atom is 0.348 e. The highest BCUT2D eigenvalue weighted by Crippen LogP contribution is 2.18. The fraction of sp³-hybridized carbons (Fsp3) is 0.250. The van der Waals surface area contributed by atoms with Gasteiger partial charge >= 0.3 is 5.97 Å². The second-order valence-corrected chi connectivity index (χ2v) is 3.92. The molecule has 0 aliphatic rings. The summed E-state index contributed by atoms with van der Waals surface area (Å²) in [6.07, 6.45) is 4.76. The predicted molar refractivity (Wildman–Crippen MR) is 78.6 cm³/mol. The largest absolute Gasteiger partial charge is 0.496 e. The maximum absolute atomic E-state index is 11.6. The number of carbonyl (C=O) groups excluding carboxylic acids is 1. The van der Waals surface area contributed by atoms with E-state index in [9.17, 15) is 4.79 Å². The molecule has 0 saturated carbocycles. The van der Waals surface area contributed by atoms with E-state index in [4.69, 9.17) is 19.5 Å². The van der Waals surface area contributed by atoms with Gasteiger partial charge in [0.25, 0.3) is 0 Å². The quantitative estimate of drug-likeness (QED) is 0.253. The lowest BCUT2D eigenvalue weighted by atomic mass is 10.1. The minimum Gasteiger partial charge on any atom is -0.496 e. The van der Waals surface area contributed by atoms with Gasteiger partial charge in [0.15, 0.2) is 0 Å². The average Bonchev–Trinajstić information content (AvgIpc) is 2.52. The predicted octanol–water partition coefficient (Wildman–Crippen LogP) is 2.35. The summed E-state index contributed by atoms with van der Waals surface area (Å²) in [5.74, 6) is 0.0440. The van der Waals surface area contributed by atoms with Crippen molar-refractivity contribution >= 4 is 12.0 Å². The van der Waals surface area contributed by atoms with Gasteiger partial charge < -0.3 is 14.2 Å². The van der Waals surface area contributed by atoms with E-state index < -0.39 is 5.97 Å². The molecular formula is C16H17NO4. The van der Waals surface area contributed by atoms with Gasteiger partial charge in [0.05, 0.1) is 13.7 Å². The molecule has 0 atom stereocenters. The summed E-state index contributed by atoms with van der Waals surface area (Å²) in [5, 5.41) is 8.94. The zero-order chi connectivity index (χ0) is 15.5. The number of hydrogen-bond donors (Lipinski definition) is 0. The highest BCUT2D eigenvalue weighted by Gasteiger charge is 2.08. The number of rotatable bonds is 7. The van der Waals surface area contributed by atoms with E-state index >= 15 is 0 Å². The van der Waals surface area contributed by atoms with Crippen LogP contribution >= 0.6 is 0 Å². The van der Waals surface area contributed by atoms with Crippen LogP contribution in [0.5, 0.6) is 5.75 Å². The topological polar surface area (TPSA) is 68.5 Å². The van der Waals surface area contributed by atoms with Gasteiger partial charge in [-0.1, -0.05) is 30.4 Å². The van der Waals surface area contributed by atoms with Gasteiger partial charge in [-0.25, -0.2) is 4.79 Å². The molecule has 0 fully saturated rings. The first-order valence-electron chi connectivity index (χ1n) is 6.30. The van der Waals surface area contributed by atoms with Crippen LogP contribution in [0.15, 0.2) is 42.0 Å². The number of methoxy groups -OCH3 is 2. The number of ether oxygens (including phenoxy) is 3. The molecule has 0 aliphatic carbocycles. The van der Waals surface area contributed by atoms with Gasteiger partial charge in [-0.05, 0) is 12.1 Å². The summed E-state index contributed by atoms with van der Waals surface area (Å²) in [6.45, 7) is 0.409. The van der Waals surface area contributed by atoms with E-state index in [1.54, 1.807) is 25.3 Å². The fourth-order valence-electron chi connectivity index (χ4n) is 1.50. The minimum absolute atomic E-state index is 0.0720. The molecule has 0 aliphatic heterocycles. The molecule has 0 heterocycles. The highest BCUT2D eigenvalue weighted by molar-refractivity contribution is 5.93. The third-order valence-electron chi connectivity index (χ3n) is 2.54. The molecule has 0 unspecified atom stereocenters. The second-order valence-electron chi connectivity index (χ2n) is 3.92. The van der Waals surface area contributed by atoms with Crippen molar-refractivity contribution in [3.05, 3.63) is 47.6 Å². The number of carbonyl (C=O) groups is 1. The zero-order valence-electron chi connectivity index (χ0n) is 12.0. The Morgan fingerprint density at radius 2 is 2.05 bits per heavy atom. The molecule has 1 aromatic rings. The van der Waals surface area contributed by atoms with Crippen LogP contribution in [-0.4, -0.2) is 33.4 Å². The molecule has 5 heteroatoms. The van der Waals surface area contributed by atoms with Gasteiger partial charge in [-0.2, -0.15) is 5.26 Å². The van der Waals surface area contributed by atoms with Gasteiger partial charge in [-0.15, -0.1) is 0 Å². The summed E-state index contributed by atoms with van der Waals surface area (Å²) < 4.78 is 14.8. The van der Waals surface area contributed by atoms with Crippen LogP contribution < -0.4 is 4.74 Å². The molecule has 0 radical (unpaired) electrons. The normalized spacial score (nSPS) is 11.2. The summed E-state index contributed by atoms with van der Waals surface area (Å²) in [7, 11) is 3.08.